The lowest BCUT2D eigenvalue weighted by molar-refractivity contribution is -0.123. The summed E-state index contributed by atoms with van der Waals surface area (Å²) in [6, 6.07) is 10.4. The number of benzene rings is 1. The van der Waals surface area contributed by atoms with Crippen LogP contribution in [-0.2, 0) is 16.0 Å². The molecule has 0 spiro atoms. The topological polar surface area (TPSA) is 38.3 Å². The molecule has 1 heterocycles. The maximum atomic E-state index is 11.6. The lowest BCUT2D eigenvalue weighted by atomic mass is 10.1. The van der Waals surface area contributed by atoms with E-state index in [2.05, 4.69) is 17.4 Å². The van der Waals surface area contributed by atoms with Gasteiger partial charge < -0.3 is 10.1 Å². The van der Waals surface area contributed by atoms with E-state index in [1.165, 1.54) is 5.56 Å². The highest BCUT2D eigenvalue weighted by Crippen LogP contribution is 2.14. The van der Waals surface area contributed by atoms with Crippen molar-refractivity contribution in [3.63, 3.8) is 0 Å². The quantitative estimate of drug-likeness (QED) is 0.783. The fraction of sp³-hybridized carbons (Fsp3) is 0.533. The van der Waals surface area contributed by atoms with Crippen molar-refractivity contribution in [3.8, 4) is 0 Å². The Morgan fingerprint density at radius 2 is 2.17 bits per heavy atom. The van der Waals surface area contributed by atoms with Crippen LogP contribution in [0.25, 0.3) is 0 Å². The molecule has 1 aliphatic rings. The Morgan fingerprint density at radius 3 is 2.89 bits per heavy atom. The van der Waals surface area contributed by atoms with E-state index in [1.54, 1.807) is 0 Å². The molecule has 2 rings (SSSR count). The molecule has 0 radical (unpaired) electrons. The van der Waals surface area contributed by atoms with Crippen molar-refractivity contribution in [2.45, 2.75) is 38.2 Å². The number of rotatable bonds is 6. The molecule has 1 fully saturated rings. The minimum Gasteiger partial charge on any atom is -0.378 e. The number of amides is 1. The second kappa shape index (κ2) is 7.17. The minimum absolute atomic E-state index is 0.120. The largest absolute Gasteiger partial charge is 0.378 e. The Balaban J connectivity index is 1.56. The van der Waals surface area contributed by atoms with Gasteiger partial charge in [-0.05, 0) is 31.2 Å². The lowest BCUT2D eigenvalue weighted by Gasteiger charge is -2.09. The van der Waals surface area contributed by atoms with Crippen LogP contribution in [0.3, 0.4) is 0 Å². The number of hydrogen-bond acceptors (Lipinski definition) is 2. The SMILES string of the molecule is O=C(CC1CCCO1)NCCCc1ccccc1. The van der Waals surface area contributed by atoms with Crippen LogP contribution < -0.4 is 5.32 Å². The van der Waals surface area contributed by atoms with Gasteiger partial charge in [0.05, 0.1) is 12.5 Å². The normalized spacial score (nSPS) is 18.8. The highest BCUT2D eigenvalue weighted by atomic mass is 16.5. The number of carbonyl (C=O) groups excluding carboxylic acids is 1. The summed E-state index contributed by atoms with van der Waals surface area (Å²) in [5.41, 5.74) is 1.32. The van der Waals surface area contributed by atoms with Crippen LogP contribution in [0, 0.1) is 0 Å². The molecule has 1 aromatic rings. The molecule has 0 aliphatic carbocycles. The number of ether oxygens (including phenoxy) is 1. The highest BCUT2D eigenvalue weighted by molar-refractivity contribution is 5.76. The van der Waals surface area contributed by atoms with Crippen molar-refractivity contribution in [2.24, 2.45) is 0 Å². The molecule has 0 bridgehead atoms. The maximum absolute atomic E-state index is 11.6. The summed E-state index contributed by atoms with van der Waals surface area (Å²) >= 11 is 0. The zero-order valence-corrected chi connectivity index (χ0v) is 10.7. The fourth-order valence-electron chi connectivity index (χ4n) is 2.25. The zero-order valence-electron chi connectivity index (χ0n) is 10.7. The van der Waals surface area contributed by atoms with Gasteiger partial charge in [0.25, 0.3) is 0 Å². The summed E-state index contributed by atoms with van der Waals surface area (Å²) in [5, 5.41) is 2.96. The van der Waals surface area contributed by atoms with Gasteiger partial charge in [0.2, 0.25) is 5.91 Å². The third-order valence-corrected chi connectivity index (χ3v) is 3.24. The highest BCUT2D eigenvalue weighted by Gasteiger charge is 2.18. The van der Waals surface area contributed by atoms with E-state index < -0.39 is 0 Å². The lowest BCUT2D eigenvalue weighted by Crippen LogP contribution is -2.28. The number of hydrogen-bond donors (Lipinski definition) is 1. The molecular formula is C15H21NO2. The van der Waals surface area contributed by atoms with E-state index in [4.69, 9.17) is 4.74 Å². The van der Waals surface area contributed by atoms with Crippen molar-refractivity contribution in [2.75, 3.05) is 13.2 Å². The molecule has 0 aromatic heterocycles. The first kappa shape index (κ1) is 13.1. The predicted octanol–water partition coefficient (Wildman–Crippen LogP) is 2.30. The van der Waals surface area contributed by atoms with E-state index in [0.29, 0.717) is 6.42 Å². The molecule has 98 valence electrons. The van der Waals surface area contributed by atoms with Gasteiger partial charge >= 0.3 is 0 Å². The van der Waals surface area contributed by atoms with E-state index in [-0.39, 0.29) is 12.0 Å². The molecular weight excluding hydrogens is 226 g/mol. The zero-order chi connectivity index (χ0) is 12.6. The molecule has 1 N–H and O–H groups in total. The average Bonchev–Trinajstić information content (AvgIpc) is 2.89. The predicted molar refractivity (Wildman–Crippen MR) is 71.4 cm³/mol. The Morgan fingerprint density at radius 1 is 1.33 bits per heavy atom. The summed E-state index contributed by atoms with van der Waals surface area (Å²) in [6.07, 6.45) is 4.79. The standard InChI is InChI=1S/C15H21NO2/c17-15(12-14-9-5-11-18-14)16-10-4-8-13-6-2-1-3-7-13/h1-3,6-7,14H,4-5,8-12H2,(H,16,17). The number of carbonyl (C=O) groups is 1. The van der Waals surface area contributed by atoms with Crippen molar-refractivity contribution < 1.29 is 9.53 Å². The Labute approximate surface area is 109 Å². The van der Waals surface area contributed by atoms with Crippen molar-refractivity contribution in [1.29, 1.82) is 0 Å². The molecule has 1 aliphatic heterocycles. The van der Waals surface area contributed by atoms with Crippen molar-refractivity contribution in [3.05, 3.63) is 35.9 Å². The molecule has 3 heteroatoms. The average molecular weight is 247 g/mol. The van der Waals surface area contributed by atoms with E-state index in [1.807, 2.05) is 18.2 Å². The third-order valence-electron chi connectivity index (χ3n) is 3.24. The summed E-state index contributed by atoms with van der Waals surface area (Å²) in [7, 11) is 0. The fourth-order valence-corrected chi connectivity index (χ4v) is 2.25. The van der Waals surface area contributed by atoms with Gasteiger partial charge in [0.1, 0.15) is 0 Å². The molecule has 1 amide bonds. The van der Waals surface area contributed by atoms with Gasteiger partial charge in [0.15, 0.2) is 0 Å². The van der Waals surface area contributed by atoms with Gasteiger partial charge in [0, 0.05) is 13.2 Å². The summed E-state index contributed by atoms with van der Waals surface area (Å²) in [4.78, 5) is 11.6. The van der Waals surface area contributed by atoms with Crippen LogP contribution in [0.1, 0.15) is 31.2 Å². The van der Waals surface area contributed by atoms with Gasteiger partial charge in [-0.25, -0.2) is 0 Å². The van der Waals surface area contributed by atoms with Gasteiger partial charge in [-0.2, -0.15) is 0 Å². The maximum Gasteiger partial charge on any atom is 0.222 e. The first-order valence-corrected chi connectivity index (χ1v) is 6.77. The molecule has 18 heavy (non-hydrogen) atoms. The summed E-state index contributed by atoms with van der Waals surface area (Å²) in [6.45, 7) is 1.56. The smallest absolute Gasteiger partial charge is 0.222 e. The second-order valence-corrected chi connectivity index (χ2v) is 4.78. The second-order valence-electron chi connectivity index (χ2n) is 4.78. The van der Waals surface area contributed by atoms with Gasteiger partial charge in [-0.15, -0.1) is 0 Å². The molecule has 3 nitrogen and oxygen atoms in total. The minimum atomic E-state index is 0.120. The molecule has 1 saturated heterocycles. The Hall–Kier alpha value is -1.35. The molecule has 1 aromatic carbocycles. The number of aryl methyl sites for hydroxylation is 1. The van der Waals surface area contributed by atoms with E-state index in [0.717, 1.165) is 38.8 Å². The molecule has 1 unspecified atom stereocenters. The molecule has 1 atom stereocenters. The van der Waals surface area contributed by atoms with Crippen LogP contribution >= 0.6 is 0 Å². The van der Waals surface area contributed by atoms with Crippen LogP contribution in [0.5, 0.6) is 0 Å². The summed E-state index contributed by atoms with van der Waals surface area (Å²) < 4.78 is 5.44. The van der Waals surface area contributed by atoms with E-state index >= 15 is 0 Å². The van der Waals surface area contributed by atoms with Crippen LogP contribution in [0.4, 0.5) is 0 Å². The van der Waals surface area contributed by atoms with E-state index in [9.17, 15) is 4.79 Å². The summed E-state index contributed by atoms with van der Waals surface area (Å²) in [5.74, 6) is 0.120. The Bertz CT molecular complexity index is 358. The third kappa shape index (κ3) is 4.49. The van der Waals surface area contributed by atoms with Crippen molar-refractivity contribution in [1.82, 2.24) is 5.32 Å². The Kier molecular flexibility index (Phi) is 5.21. The van der Waals surface area contributed by atoms with Crippen molar-refractivity contribution >= 4 is 5.91 Å². The molecule has 0 saturated carbocycles. The number of nitrogens with one attached hydrogen (secondary N) is 1. The van der Waals surface area contributed by atoms with Gasteiger partial charge in [-0.3, -0.25) is 4.79 Å². The van der Waals surface area contributed by atoms with Gasteiger partial charge in [-0.1, -0.05) is 30.3 Å². The van der Waals surface area contributed by atoms with Crippen LogP contribution in [0.15, 0.2) is 30.3 Å². The first-order valence-electron chi connectivity index (χ1n) is 6.77. The first-order chi connectivity index (χ1) is 8.84. The van der Waals surface area contributed by atoms with Crippen LogP contribution in [0.2, 0.25) is 0 Å². The monoisotopic (exact) mass is 247 g/mol. The van der Waals surface area contributed by atoms with Crippen LogP contribution in [-0.4, -0.2) is 25.2 Å².